The Morgan fingerprint density at radius 2 is 2.18 bits per heavy atom. The van der Waals surface area contributed by atoms with Gasteiger partial charge in [0.2, 0.25) is 0 Å². The lowest BCUT2D eigenvalue weighted by Gasteiger charge is -2.37. The van der Waals surface area contributed by atoms with E-state index in [2.05, 4.69) is 40.4 Å². The van der Waals surface area contributed by atoms with Gasteiger partial charge in [-0.3, -0.25) is 0 Å². The summed E-state index contributed by atoms with van der Waals surface area (Å²) in [6.07, 6.45) is 3.93. The monoisotopic (exact) mass is 396 g/mol. The first-order valence-corrected chi connectivity index (χ1v) is 10.2. The molecular formula is C21H25ClN6. The fraction of sp³-hybridized carbons (Fsp3) is 0.476. The summed E-state index contributed by atoms with van der Waals surface area (Å²) in [4.78, 5) is 11.6. The van der Waals surface area contributed by atoms with Gasteiger partial charge in [-0.1, -0.05) is 25.4 Å². The van der Waals surface area contributed by atoms with Crippen molar-refractivity contribution in [2.45, 2.75) is 38.6 Å². The van der Waals surface area contributed by atoms with Crippen molar-refractivity contribution in [3.05, 3.63) is 40.7 Å². The van der Waals surface area contributed by atoms with Crippen molar-refractivity contribution < 1.29 is 0 Å². The zero-order chi connectivity index (χ0) is 19.7. The lowest BCUT2D eigenvalue weighted by Crippen LogP contribution is -2.53. The third-order valence-corrected chi connectivity index (χ3v) is 5.65. The van der Waals surface area contributed by atoms with Crippen LogP contribution in [0.15, 0.2) is 24.4 Å². The van der Waals surface area contributed by atoms with Crippen molar-refractivity contribution >= 4 is 28.9 Å². The Labute approximate surface area is 170 Å². The molecule has 1 aliphatic heterocycles. The summed E-state index contributed by atoms with van der Waals surface area (Å²) in [5, 5.41) is 17.3. The maximum Gasteiger partial charge on any atom is 0.147 e. The van der Waals surface area contributed by atoms with Gasteiger partial charge in [0, 0.05) is 42.8 Å². The van der Waals surface area contributed by atoms with Crippen LogP contribution < -0.4 is 15.5 Å². The SMILES string of the molecule is CC(C)C1CN(c2nc(C3CC3)c(Nc3cc(Cl)ccn3)cc2C#N)CCN1. The third-order valence-electron chi connectivity index (χ3n) is 5.41. The van der Waals surface area contributed by atoms with E-state index < -0.39 is 0 Å². The number of anilines is 3. The number of pyridine rings is 2. The van der Waals surface area contributed by atoms with E-state index in [9.17, 15) is 5.26 Å². The highest BCUT2D eigenvalue weighted by Gasteiger charge is 2.31. The van der Waals surface area contributed by atoms with Crippen LogP contribution in [0.3, 0.4) is 0 Å². The number of hydrogen-bond acceptors (Lipinski definition) is 6. The molecule has 2 aromatic rings. The summed E-state index contributed by atoms with van der Waals surface area (Å²) >= 11 is 6.09. The van der Waals surface area contributed by atoms with Crippen LogP contribution in [0.2, 0.25) is 5.02 Å². The second-order valence-corrected chi connectivity index (χ2v) is 8.35. The Balaban J connectivity index is 1.69. The predicted molar refractivity (Wildman–Crippen MR) is 112 cm³/mol. The average molecular weight is 397 g/mol. The Hall–Kier alpha value is -2.36. The molecule has 1 saturated heterocycles. The van der Waals surface area contributed by atoms with Crippen molar-refractivity contribution in [2.24, 2.45) is 5.92 Å². The summed E-state index contributed by atoms with van der Waals surface area (Å²) < 4.78 is 0. The molecule has 1 saturated carbocycles. The predicted octanol–water partition coefficient (Wildman–Crippen LogP) is 4.06. The maximum absolute atomic E-state index is 9.81. The van der Waals surface area contributed by atoms with Gasteiger partial charge in [0.1, 0.15) is 17.7 Å². The molecule has 6 nitrogen and oxygen atoms in total. The minimum atomic E-state index is 0.403. The zero-order valence-corrected chi connectivity index (χ0v) is 17.0. The van der Waals surface area contributed by atoms with Crippen LogP contribution in [0.25, 0.3) is 0 Å². The Kier molecular flexibility index (Phi) is 5.38. The summed E-state index contributed by atoms with van der Waals surface area (Å²) in [7, 11) is 0. The molecule has 146 valence electrons. The molecule has 0 bridgehead atoms. The lowest BCUT2D eigenvalue weighted by molar-refractivity contribution is 0.367. The first-order chi connectivity index (χ1) is 13.5. The van der Waals surface area contributed by atoms with Crippen molar-refractivity contribution in [1.82, 2.24) is 15.3 Å². The molecule has 4 rings (SSSR count). The van der Waals surface area contributed by atoms with E-state index in [1.807, 2.05) is 6.07 Å². The first-order valence-electron chi connectivity index (χ1n) is 9.87. The molecule has 28 heavy (non-hydrogen) atoms. The van der Waals surface area contributed by atoms with Gasteiger partial charge in [0.15, 0.2) is 0 Å². The number of nitrogens with one attached hydrogen (secondary N) is 2. The van der Waals surface area contributed by atoms with Gasteiger partial charge in [-0.25, -0.2) is 9.97 Å². The number of nitrogens with zero attached hydrogens (tertiary/aromatic N) is 4. The number of aromatic nitrogens is 2. The lowest BCUT2D eigenvalue weighted by atomic mass is 10.0. The highest BCUT2D eigenvalue weighted by atomic mass is 35.5. The molecule has 2 aromatic heterocycles. The van der Waals surface area contributed by atoms with Crippen LogP contribution in [0.4, 0.5) is 17.3 Å². The first kappa shape index (κ1) is 19.0. The number of hydrogen-bond donors (Lipinski definition) is 2. The van der Waals surface area contributed by atoms with Gasteiger partial charge in [-0.2, -0.15) is 5.26 Å². The number of halogens is 1. The van der Waals surface area contributed by atoms with Gasteiger partial charge >= 0.3 is 0 Å². The second kappa shape index (κ2) is 7.94. The van der Waals surface area contributed by atoms with E-state index in [1.165, 1.54) is 0 Å². The highest BCUT2D eigenvalue weighted by Crippen LogP contribution is 2.44. The molecule has 0 radical (unpaired) electrons. The molecule has 1 atom stereocenters. The minimum Gasteiger partial charge on any atom is -0.353 e. The van der Waals surface area contributed by atoms with Crippen molar-refractivity contribution in [3.63, 3.8) is 0 Å². The van der Waals surface area contributed by atoms with Crippen LogP contribution in [0, 0.1) is 17.2 Å². The van der Waals surface area contributed by atoms with Gasteiger partial charge in [0.05, 0.1) is 16.9 Å². The molecule has 3 heterocycles. The number of rotatable bonds is 5. The standard InChI is InChI=1S/C21H25ClN6/c1-13(2)18-12-28(8-7-24-18)21-15(11-23)9-17(20(27-21)14-3-4-14)26-19-10-16(22)5-6-25-19/h5-6,9-10,13-14,18,24H,3-4,7-8,12H2,1-2H3,(H,25,26). The van der Waals surface area contributed by atoms with Crippen molar-refractivity contribution in [1.29, 1.82) is 5.26 Å². The van der Waals surface area contributed by atoms with E-state index in [0.717, 1.165) is 49.7 Å². The smallest absolute Gasteiger partial charge is 0.147 e. The normalized spacial score (nSPS) is 19.5. The molecule has 2 N–H and O–H groups in total. The molecule has 0 aromatic carbocycles. The minimum absolute atomic E-state index is 0.403. The van der Waals surface area contributed by atoms with Crippen molar-refractivity contribution in [2.75, 3.05) is 29.9 Å². The van der Waals surface area contributed by atoms with Gasteiger partial charge < -0.3 is 15.5 Å². The molecule has 1 aliphatic carbocycles. The number of piperazine rings is 1. The van der Waals surface area contributed by atoms with E-state index in [0.29, 0.717) is 34.3 Å². The molecule has 2 aliphatic rings. The Morgan fingerprint density at radius 1 is 1.36 bits per heavy atom. The topological polar surface area (TPSA) is 76.9 Å². The average Bonchev–Trinajstić information content (AvgIpc) is 3.53. The van der Waals surface area contributed by atoms with Crippen LogP contribution in [0.5, 0.6) is 0 Å². The van der Waals surface area contributed by atoms with Gasteiger partial charge in [-0.05, 0) is 37.0 Å². The Bertz CT molecular complexity index is 902. The van der Waals surface area contributed by atoms with Crippen LogP contribution in [-0.4, -0.2) is 35.6 Å². The fourth-order valence-electron chi connectivity index (χ4n) is 3.64. The molecule has 0 amide bonds. The molecular weight excluding hydrogens is 372 g/mol. The van der Waals surface area contributed by atoms with Crippen LogP contribution in [-0.2, 0) is 0 Å². The van der Waals surface area contributed by atoms with E-state index >= 15 is 0 Å². The van der Waals surface area contributed by atoms with E-state index in [4.69, 9.17) is 16.6 Å². The zero-order valence-electron chi connectivity index (χ0n) is 16.2. The highest BCUT2D eigenvalue weighted by molar-refractivity contribution is 6.30. The maximum atomic E-state index is 9.81. The number of nitriles is 1. The largest absolute Gasteiger partial charge is 0.353 e. The van der Waals surface area contributed by atoms with Gasteiger partial charge in [0.25, 0.3) is 0 Å². The van der Waals surface area contributed by atoms with Gasteiger partial charge in [-0.15, -0.1) is 0 Å². The quantitative estimate of drug-likeness (QED) is 0.793. The molecule has 2 fully saturated rings. The summed E-state index contributed by atoms with van der Waals surface area (Å²) in [6, 6.07) is 8.20. The van der Waals surface area contributed by atoms with E-state index in [-0.39, 0.29) is 0 Å². The van der Waals surface area contributed by atoms with Crippen LogP contribution in [0.1, 0.15) is 43.9 Å². The van der Waals surface area contributed by atoms with Crippen molar-refractivity contribution in [3.8, 4) is 6.07 Å². The Morgan fingerprint density at radius 3 is 2.86 bits per heavy atom. The molecule has 7 heteroatoms. The second-order valence-electron chi connectivity index (χ2n) is 7.91. The fourth-order valence-corrected chi connectivity index (χ4v) is 3.80. The van der Waals surface area contributed by atoms with Crippen LogP contribution >= 0.6 is 11.6 Å². The van der Waals surface area contributed by atoms with E-state index in [1.54, 1.807) is 18.3 Å². The third kappa shape index (κ3) is 4.06. The summed E-state index contributed by atoms with van der Waals surface area (Å²) in [6.45, 7) is 7.07. The summed E-state index contributed by atoms with van der Waals surface area (Å²) in [5.74, 6) is 2.44. The summed E-state index contributed by atoms with van der Waals surface area (Å²) in [5.41, 5.74) is 2.47. The molecule has 0 spiro atoms. The molecule has 1 unspecified atom stereocenters.